The molecule has 1 N–H and O–H groups in total. The highest BCUT2D eigenvalue weighted by molar-refractivity contribution is 7.09. The van der Waals surface area contributed by atoms with E-state index < -0.39 is 0 Å². The van der Waals surface area contributed by atoms with Gasteiger partial charge < -0.3 is 14.8 Å². The molecule has 6 heteroatoms. The van der Waals surface area contributed by atoms with Gasteiger partial charge in [0, 0.05) is 36.4 Å². The highest BCUT2D eigenvalue weighted by Gasteiger charge is 2.10. The first-order chi connectivity index (χ1) is 8.85. The zero-order valence-corrected chi connectivity index (χ0v) is 11.2. The van der Waals surface area contributed by atoms with E-state index in [2.05, 4.69) is 15.3 Å². The molecule has 18 heavy (non-hydrogen) atoms. The summed E-state index contributed by atoms with van der Waals surface area (Å²) in [5.74, 6) is 1.37. The number of hydrogen-bond acceptors (Lipinski definition) is 6. The summed E-state index contributed by atoms with van der Waals surface area (Å²) in [7, 11) is 3.23. The third-order valence-electron chi connectivity index (χ3n) is 2.44. The van der Waals surface area contributed by atoms with Crippen LogP contribution in [0.5, 0.6) is 11.5 Å². The maximum atomic E-state index is 5.32. The SMILES string of the molecule is COc1ccnc(CNCc2cncs2)c1OC. The molecule has 0 saturated carbocycles. The fourth-order valence-electron chi connectivity index (χ4n) is 1.61. The fraction of sp³-hybridized carbons (Fsp3) is 0.333. The van der Waals surface area contributed by atoms with E-state index in [4.69, 9.17) is 9.47 Å². The van der Waals surface area contributed by atoms with Crippen LogP contribution in [0.1, 0.15) is 10.6 Å². The Morgan fingerprint density at radius 1 is 1.28 bits per heavy atom. The molecule has 0 aromatic carbocycles. The van der Waals surface area contributed by atoms with Gasteiger partial charge >= 0.3 is 0 Å². The van der Waals surface area contributed by atoms with Crippen molar-refractivity contribution < 1.29 is 9.47 Å². The minimum atomic E-state index is 0.623. The molecule has 96 valence electrons. The minimum absolute atomic E-state index is 0.623. The molecule has 0 bridgehead atoms. The van der Waals surface area contributed by atoms with Gasteiger partial charge in [-0.25, -0.2) is 0 Å². The van der Waals surface area contributed by atoms with Crippen LogP contribution in [0.25, 0.3) is 0 Å². The summed E-state index contributed by atoms with van der Waals surface area (Å²) < 4.78 is 10.5. The molecular formula is C12H15N3O2S. The Balaban J connectivity index is 2.00. The second-order valence-corrected chi connectivity index (χ2v) is 4.54. The summed E-state index contributed by atoms with van der Waals surface area (Å²) in [6.07, 6.45) is 3.57. The lowest BCUT2D eigenvalue weighted by atomic mass is 10.3. The second-order valence-electron chi connectivity index (χ2n) is 3.56. The lowest BCUT2D eigenvalue weighted by Crippen LogP contribution is -2.14. The smallest absolute Gasteiger partial charge is 0.183 e. The first-order valence-corrected chi connectivity index (χ1v) is 6.37. The summed E-state index contributed by atoms with van der Waals surface area (Å²) in [5.41, 5.74) is 2.66. The summed E-state index contributed by atoms with van der Waals surface area (Å²) in [4.78, 5) is 9.52. The summed E-state index contributed by atoms with van der Waals surface area (Å²) in [5, 5.41) is 3.30. The molecular weight excluding hydrogens is 250 g/mol. The molecule has 0 aliphatic carbocycles. The normalized spacial score (nSPS) is 10.3. The predicted octanol–water partition coefficient (Wildman–Crippen LogP) is 1.85. The highest BCUT2D eigenvalue weighted by atomic mass is 32.1. The Bertz CT molecular complexity index is 488. The maximum absolute atomic E-state index is 5.32. The van der Waals surface area contributed by atoms with E-state index in [-0.39, 0.29) is 0 Å². The van der Waals surface area contributed by atoms with Gasteiger partial charge in [-0.2, -0.15) is 0 Å². The quantitative estimate of drug-likeness (QED) is 0.863. The first-order valence-electron chi connectivity index (χ1n) is 5.49. The van der Waals surface area contributed by atoms with E-state index in [1.165, 1.54) is 4.88 Å². The number of pyridine rings is 1. The molecule has 0 unspecified atom stereocenters. The summed E-state index contributed by atoms with van der Waals surface area (Å²) >= 11 is 1.63. The van der Waals surface area contributed by atoms with Crippen molar-refractivity contribution in [2.45, 2.75) is 13.1 Å². The lowest BCUT2D eigenvalue weighted by molar-refractivity contribution is 0.348. The Hall–Kier alpha value is -1.66. The van der Waals surface area contributed by atoms with Crippen molar-refractivity contribution in [3.05, 3.63) is 34.5 Å². The van der Waals surface area contributed by atoms with E-state index in [9.17, 15) is 0 Å². The average Bonchev–Trinajstić information content (AvgIpc) is 2.91. The van der Waals surface area contributed by atoms with Crippen molar-refractivity contribution >= 4 is 11.3 Å². The van der Waals surface area contributed by atoms with Crippen molar-refractivity contribution in [2.75, 3.05) is 14.2 Å². The van der Waals surface area contributed by atoms with Crippen molar-refractivity contribution in [1.29, 1.82) is 0 Å². The van der Waals surface area contributed by atoms with Crippen molar-refractivity contribution in [3.63, 3.8) is 0 Å². The number of nitrogens with one attached hydrogen (secondary N) is 1. The molecule has 0 aliphatic rings. The highest BCUT2D eigenvalue weighted by Crippen LogP contribution is 2.28. The van der Waals surface area contributed by atoms with Gasteiger partial charge in [-0.15, -0.1) is 11.3 Å². The van der Waals surface area contributed by atoms with Crippen LogP contribution in [0.3, 0.4) is 0 Å². The molecule has 0 atom stereocenters. The van der Waals surface area contributed by atoms with Gasteiger partial charge in [-0.3, -0.25) is 9.97 Å². The van der Waals surface area contributed by atoms with E-state index in [0.717, 1.165) is 12.2 Å². The second kappa shape index (κ2) is 6.32. The maximum Gasteiger partial charge on any atom is 0.183 e. The van der Waals surface area contributed by atoms with Crippen molar-refractivity contribution in [2.24, 2.45) is 0 Å². The van der Waals surface area contributed by atoms with Crippen LogP contribution in [0.4, 0.5) is 0 Å². The Labute approximate surface area is 110 Å². The van der Waals surface area contributed by atoms with Gasteiger partial charge in [0.2, 0.25) is 0 Å². The van der Waals surface area contributed by atoms with Crippen LogP contribution in [0, 0.1) is 0 Å². The predicted molar refractivity (Wildman–Crippen MR) is 70.0 cm³/mol. The number of ether oxygens (including phenoxy) is 2. The molecule has 5 nitrogen and oxygen atoms in total. The van der Waals surface area contributed by atoms with Crippen LogP contribution in [-0.2, 0) is 13.1 Å². The summed E-state index contributed by atoms with van der Waals surface area (Å²) in [6, 6.07) is 1.78. The summed E-state index contributed by atoms with van der Waals surface area (Å²) in [6.45, 7) is 1.39. The molecule has 2 aromatic rings. The molecule has 0 radical (unpaired) electrons. The fourth-order valence-corrected chi connectivity index (χ4v) is 2.17. The Morgan fingerprint density at radius 2 is 2.17 bits per heavy atom. The molecule has 0 aliphatic heterocycles. The average molecular weight is 265 g/mol. The number of hydrogen-bond donors (Lipinski definition) is 1. The molecule has 0 amide bonds. The van der Waals surface area contributed by atoms with Crippen molar-refractivity contribution in [1.82, 2.24) is 15.3 Å². The Kier molecular flexibility index (Phi) is 4.49. The molecule has 2 rings (SSSR count). The van der Waals surface area contributed by atoms with Gasteiger partial charge in [-0.05, 0) is 0 Å². The van der Waals surface area contributed by atoms with Crippen LogP contribution in [0.15, 0.2) is 24.0 Å². The van der Waals surface area contributed by atoms with E-state index >= 15 is 0 Å². The van der Waals surface area contributed by atoms with Gasteiger partial charge in [0.15, 0.2) is 11.5 Å². The van der Waals surface area contributed by atoms with Gasteiger partial charge in [0.1, 0.15) is 0 Å². The Morgan fingerprint density at radius 3 is 2.83 bits per heavy atom. The number of aromatic nitrogens is 2. The molecule has 2 aromatic heterocycles. The lowest BCUT2D eigenvalue weighted by Gasteiger charge is -2.11. The topological polar surface area (TPSA) is 56.3 Å². The van der Waals surface area contributed by atoms with Gasteiger partial charge in [0.25, 0.3) is 0 Å². The number of thiazole rings is 1. The monoisotopic (exact) mass is 265 g/mol. The van der Waals surface area contributed by atoms with E-state index in [1.54, 1.807) is 37.8 Å². The van der Waals surface area contributed by atoms with E-state index in [0.29, 0.717) is 18.0 Å². The standard InChI is InChI=1S/C12H15N3O2S/c1-16-11-3-4-15-10(12(11)17-2)7-13-5-9-6-14-8-18-9/h3-4,6,8,13H,5,7H2,1-2H3. The molecule has 0 fully saturated rings. The third-order valence-corrected chi connectivity index (χ3v) is 3.22. The van der Waals surface area contributed by atoms with Crippen LogP contribution >= 0.6 is 11.3 Å². The van der Waals surface area contributed by atoms with Crippen LogP contribution < -0.4 is 14.8 Å². The van der Waals surface area contributed by atoms with Crippen LogP contribution in [-0.4, -0.2) is 24.2 Å². The van der Waals surface area contributed by atoms with Crippen LogP contribution in [0.2, 0.25) is 0 Å². The first kappa shape index (κ1) is 12.8. The van der Waals surface area contributed by atoms with Crippen molar-refractivity contribution in [3.8, 4) is 11.5 Å². The number of methoxy groups -OCH3 is 2. The zero-order chi connectivity index (χ0) is 12.8. The molecule has 0 saturated heterocycles. The minimum Gasteiger partial charge on any atom is -0.493 e. The number of nitrogens with zero attached hydrogens (tertiary/aromatic N) is 2. The zero-order valence-electron chi connectivity index (χ0n) is 10.3. The van der Waals surface area contributed by atoms with Gasteiger partial charge in [-0.1, -0.05) is 0 Å². The third kappa shape index (κ3) is 2.96. The van der Waals surface area contributed by atoms with E-state index in [1.807, 2.05) is 11.7 Å². The molecule has 2 heterocycles. The number of rotatable bonds is 6. The largest absolute Gasteiger partial charge is 0.493 e. The molecule has 0 spiro atoms. The van der Waals surface area contributed by atoms with Gasteiger partial charge in [0.05, 0.1) is 25.4 Å².